The molecule has 0 aliphatic heterocycles. The monoisotopic (exact) mass is 265 g/mol. The molecule has 0 fully saturated rings. The molecule has 19 heavy (non-hydrogen) atoms. The normalized spacial score (nSPS) is 9.79. The van der Waals surface area contributed by atoms with E-state index in [1.54, 1.807) is 13.0 Å². The van der Waals surface area contributed by atoms with Crippen LogP contribution < -0.4 is 0 Å². The van der Waals surface area contributed by atoms with E-state index < -0.39 is 17.7 Å². The summed E-state index contributed by atoms with van der Waals surface area (Å²) < 4.78 is 18.3. The van der Waals surface area contributed by atoms with E-state index in [9.17, 15) is 14.0 Å². The van der Waals surface area contributed by atoms with Crippen LogP contribution in [0.25, 0.3) is 0 Å². The first kappa shape index (κ1) is 14.9. The van der Waals surface area contributed by atoms with E-state index in [1.165, 1.54) is 29.2 Å². The molecule has 0 bridgehead atoms. The Morgan fingerprint density at radius 2 is 2.11 bits per heavy atom. The number of nitrogens with zero attached hydrogens (tertiary/aromatic N) is 1. The van der Waals surface area contributed by atoms with Crippen molar-refractivity contribution in [1.29, 1.82) is 0 Å². The van der Waals surface area contributed by atoms with Crippen molar-refractivity contribution in [2.24, 2.45) is 0 Å². The fourth-order valence-electron chi connectivity index (χ4n) is 1.54. The Morgan fingerprint density at radius 1 is 1.42 bits per heavy atom. The average molecular weight is 265 g/mol. The standard InChI is InChI=1S/C14H16FNO3/c1-3-9-16(10-13(17)19-4-2)14(18)11-7-5-6-8-12(11)15/h3,5-8H,1,4,9-10H2,2H3. The topological polar surface area (TPSA) is 46.6 Å². The zero-order valence-corrected chi connectivity index (χ0v) is 10.8. The number of carbonyl (C=O) groups excluding carboxylic acids is 2. The van der Waals surface area contributed by atoms with Gasteiger partial charge < -0.3 is 9.64 Å². The van der Waals surface area contributed by atoms with E-state index in [0.29, 0.717) is 0 Å². The van der Waals surface area contributed by atoms with Gasteiger partial charge in [0.05, 0.1) is 12.2 Å². The predicted molar refractivity (Wildman–Crippen MR) is 69.1 cm³/mol. The van der Waals surface area contributed by atoms with Gasteiger partial charge in [-0.3, -0.25) is 9.59 Å². The van der Waals surface area contributed by atoms with E-state index in [-0.39, 0.29) is 25.3 Å². The van der Waals surface area contributed by atoms with Crippen molar-refractivity contribution in [3.63, 3.8) is 0 Å². The molecule has 0 N–H and O–H groups in total. The zero-order chi connectivity index (χ0) is 14.3. The molecule has 0 saturated carbocycles. The molecule has 0 aromatic heterocycles. The van der Waals surface area contributed by atoms with Gasteiger partial charge in [-0.05, 0) is 19.1 Å². The lowest BCUT2D eigenvalue weighted by molar-refractivity contribution is -0.143. The second-order valence-corrected chi connectivity index (χ2v) is 3.76. The molecule has 1 aromatic carbocycles. The van der Waals surface area contributed by atoms with Gasteiger partial charge in [0, 0.05) is 6.54 Å². The summed E-state index contributed by atoms with van der Waals surface area (Å²) in [5, 5.41) is 0. The van der Waals surface area contributed by atoms with Crippen LogP contribution in [-0.4, -0.2) is 36.5 Å². The van der Waals surface area contributed by atoms with E-state index in [2.05, 4.69) is 6.58 Å². The predicted octanol–water partition coefficient (Wildman–Crippen LogP) is 2.02. The van der Waals surface area contributed by atoms with Crippen LogP contribution in [0.4, 0.5) is 4.39 Å². The van der Waals surface area contributed by atoms with Crippen LogP contribution in [0.2, 0.25) is 0 Å². The first-order valence-corrected chi connectivity index (χ1v) is 5.90. The highest BCUT2D eigenvalue weighted by molar-refractivity contribution is 5.96. The van der Waals surface area contributed by atoms with Gasteiger partial charge in [-0.1, -0.05) is 18.2 Å². The lowest BCUT2D eigenvalue weighted by Crippen LogP contribution is -2.37. The van der Waals surface area contributed by atoms with Gasteiger partial charge in [0.15, 0.2) is 0 Å². The SMILES string of the molecule is C=CCN(CC(=O)OCC)C(=O)c1ccccc1F. The highest BCUT2D eigenvalue weighted by Gasteiger charge is 2.20. The van der Waals surface area contributed by atoms with Crippen LogP contribution in [0.5, 0.6) is 0 Å². The van der Waals surface area contributed by atoms with Crippen LogP contribution >= 0.6 is 0 Å². The summed E-state index contributed by atoms with van der Waals surface area (Å²) >= 11 is 0. The number of hydrogen-bond acceptors (Lipinski definition) is 3. The number of rotatable bonds is 6. The summed E-state index contributed by atoms with van der Waals surface area (Å²) in [7, 11) is 0. The van der Waals surface area contributed by atoms with Gasteiger partial charge in [-0.25, -0.2) is 4.39 Å². The molecule has 4 nitrogen and oxygen atoms in total. The Balaban J connectivity index is 2.87. The van der Waals surface area contributed by atoms with Gasteiger partial charge in [0.2, 0.25) is 0 Å². The first-order chi connectivity index (χ1) is 9.10. The summed E-state index contributed by atoms with van der Waals surface area (Å²) in [6.45, 7) is 5.33. The Kier molecular flexibility index (Phi) is 5.73. The molecule has 0 spiro atoms. The minimum absolute atomic E-state index is 0.0753. The van der Waals surface area contributed by atoms with Crippen molar-refractivity contribution in [3.8, 4) is 0 Å². The Hall–Kier alpha value is -2.17. The molecule has 1 aromatic rings. The van der Waals surface area contributed by atoms with Crippen molar-refractivity contribution >= 4 is 11.9 Å². The molecule has 0 radical (unpaired) electrons. The van der Waals surface area contributed by atoms with Crippen LogP contribution in [0.15, 0.2) is 36.9 Å². The molecule has 1 amide bonds. The van der Waals surface area contributed by atoms with E-state index >= 15 is 0 Å². The number of carbonyl (C=O) groups is 2. The minimum atomic E-state index is -0.620. The molecular formula is C14H16FNO3. The quantitative estimate of drug-likeness (QED) is 0.584. The molecule has 5 heteroatoms. The number of esters is 1. The maximum absolute atomic E-state index is 13.5. The maximum Gasteiger partial charge on any atom is 0.325 e. The van der Waals surface area contributed by atoms with E-state index in [1.807, 2.05) is 0 Å². The molecule has 0 heterocycles. The Morgan fingerprint density at radius 3 is 2.68 bits per heavy atom. The van der Waals surface area contributed by atoms with Crippen molar-refractivity contribution < 1.29 is 18.7 Å². The molecule has 102 valence electrons. The highest BCUT2D eigenvalue weighted by Crippen LogP contribution is 2.10. The second-order valence-electron chi connectivity index (χ2n) is 3.76. The Bertz CT molecular complexity index is 474. The van der Waals surface area contributed by atoms with Gasteiger partial charge in [-0.15, -0.1) is 6.58 Å². The molecular weight excluding hydrogens is 249 g/mol. The highest BCUT2D eigenvalue weighted by atomic mass is 19.1. The fourth-order valence-corrected chi connectivity index (χ4v) is 1.54. The summed E-state index contributed by atoms with van der Waals surface area (Å²) in [5.41, 5.74) is -0.0753. The van der Waals surface area contributed by atoms with Crippen molar-refractivity contribution in [1.82, 2.24) is 4.90 Å². The third-order valence-electron chi connectivity index (χ3n) is 2.37. The van der Waals surface area contributed by atoms with Crippen LogP contribution in [0.1, 0.15) is 17.3 Å². The first-order valence-electron chi connectivity index (χ1n) is 5.90. The van der Waals surface area contributed by atoms with Gasteiger partial charge in [-0.2, -0.15) is 0 Å². The smallest absolute Gasteiger partial charge is 0.325 e. The average Bonchev–Trinajstić information content (AvgIpc) is 2.38. The molecule has 0 aliphatic rings. The summed E-state index contributed by atoms with van der Waals surface area (Å²) in [4.78, 5) is 24.7. The summed E-state index contributed by atoms with van der Waals surface area (Å²) in [6.07, 6.45) is 1.47. The van der Waals surface area contributed by atoms with Gasteiger partial charge in [0.25, 0.3) is 5.91 Å². The molecule has 0 saturated heterocycles. The number of amides is 1. The molecule has 0 aliphatic carbocycles. The van der Waals surface area contributed by atoms with E-state index in [0.717, 1.165) is 0 Å². The lowest BCUT2D eigenvalue weighted by atomic mass is 10.2. The number of halogens is 1. The van der Waals surface area contributed by atoms with Crippen LogP contribution in [-0.2, 0) is 9.53 Å². The molecule has 0 atom stereocenters. The fraction of sp³-hybridized carbons (Fsp3) is 0.286. The largest absolute Gasteiger partial charge is 0.465 e. The number of hydrogen-bond donors (Lipinski definition) is 0. The number of ether oxygens (including phenoxy) is 1. The third-order valence-corrected chi connectivity index (χ3v) is 2.37. The molecule has 0 unspecified atom stereocenters. The number of benzene rings is 1. The van der Waals surface area contributed by atoms with Crippen molar-refractivity contribution in [2.75, 3.05) is 19.7 Å². The summed E-state index contributed by atoms with van der Waals surface area (Å²) in [6, 6.07) is 5.63. The Labute approximate surface area is 111 Å². The minimum Gasteiger partial charge on any atom is -0.465 e. The van der Waals surface area contributed by atoms with Crippen molar-refractivity contribution in [2.45, 2.75) is 6.92 Å². The zero-order valence-electron chi connectivity index (χ0n) is 10.8. The van der Waals surface area contributed by atoms with Gasteiger partial charge in [0.1, 0.15) is 12.4 Å². The van der Waals surface area contributed by atoms with E-state index in [4.69, 9.17) is 4.74 Å². The maximum atomic E-state index is 13.5. The van der Waals surface area contributed by atoms with Gasteiger partial charge >= 0.3 is 5.97 Å². The molecule has 1 rings (SSSR count). The second kappa shape index (κ2) is 7.31. The van der Waals surface area contributed by atoms with Crippen LogP contribution in [0.3, 0.4) is 0 Å². The summed E-state index contributed by atoms with van der Waals surface area (Å²) in [5.74, 6) is -1.72. The lowest BCUT2D eigenvalue weighted by Gasteiger charge is -2.20. The third kappa shape index (κ3) is 4.21. The van der Waals surface area contributed by atoms with Crippen molar-refractivity contribution in [3.05, 3.63) is 48.3 Å². The van der Waals surface area contributed by atoms with Crippen LogP contribution in [0, 0.1) is 5.82 Å².